The highest BCUT2D eigenvalue weighted by molar-refractivity contribution is 9.10. The number of nitrogens with zero attached hydrogens (tertiary/aromatic N) is 1. The van der Waals surface area contributed by atoms with Crippen molar-refractivity contribution in [2.24, 2.45) is 0 Å². The first-order chi connectivity index (χ1) is 11.0. The van der Waals surface area contributed by atoms with Gasteiger partial charge in [-0.05, 0) is 64.6 Å². The van der Waals surface area contributed by atoms with Gasteiger partial charge in [-0.1, -0.05) is 6.07 Å². The molecule has 1 aliphatic rings. The van der Waals surface area contributed by atoms with Crippen LogP contribution < -0.4 is 10.2 Å². The molecule has 3 rings (SSSR count). The lowest BCUT2D eigenvalue weighted by atomic mass is 10.1. The van der Waals surface area contributed by atoms with E-state index in [1.807, 2.05) is 0 Å². The van der Waals surface area contributed by atoms with Crippen LogP contribution in [0.5, 0.6) is 0 Å². The predicted octanol–water partition coefficient (Wildman–Crippen LogP) is 3.01. The summed E-state index contributed by atoms with van der Waals surface area (Å²) in [6.07, 6.45) is 1.30. The van der Waals surface area contributed by atoms with Crippen molar-refractivity contribution in [2.75, 3.05) is 4.90 Å². The number of amides is 2. The minimum absolute atomic E-state index is 0.108. The van der Waals surface area contributed by atoms with E-state index >= 15 is 0 Å². The number of hydrogen-bond acceptors (Lipinski definition) is 4. The number of carbonyl (C=O) groups is 2. The fourth-order valence-electron chi connectivity index (χ4n) is 2.06. The Labute approximate surface area is 143 Å². The molecule has 0 radical (unpaired) electrons. The zero-order valence-corrected chi connectivity index (χ0v) is 13.8. The number of halogens is 2. The van der Waals surface area contributed by atoms with E-state index in [-0.39, 0.29) is 16.4 Å². The Morgan fingerprint density at radius 3 is 2.70 bits per heavy atom. The summed E-state index contributed by atoms with van der Waals surface area (Å²) in [6.45, 7) is 0. The number of nitrogens with one attached hydrogen (secondary N) is 1. The van der Waals surface area contributed by atoms with E-state index in [1.165, 1.54) is 24.3 Å². The lowest BCUT2D eigenvalue weighted by Gasteiger charge is -2.28. The molecule has 0 saturated carbocycles. The molecule has 116 valence electrons. The van der Waals surface area contributed by atoms with E-state index in [2.05, 4.69) is 21.2 Å². The Bertz CT molecular complexity index is 862. The topological polar surface area (TPSA) is 62.6 Å². The van der Waals surface area contributed by atoms with Gasteiger partial charge in [-0.25, -0.2) is 4.39 Å². The molecule has 1 aliphatic heterocycles. The van der Waals surface area contributed by atoms with Gasteiger partial charge in [-0.3, -0.25) is 19.8 Å². The van der Waals surface area contributed by atoms with E-state index in [9.17, 15) is 14.0 Å². The Kier molecular flexibility index (Phi) is 4.10. The second kappa shape index (κ2) is 6.05. The van der Waals surface area contributed by atoms with Crippen LogP contribution in [0.4, 0.5) is 10.1 Å². The van der Waals surface area contributed by atoms with Crippen LogP contribution in [-0.2, 0) is 9.59 Å². The Morgan fingerprint density at radius 1 is 1.26 bits per heavy atom. The van der Waals surface area contributed by atoms with E-state index in [1.54, 1.807) is 12.1 Å². The zero-order valence-electron chi connectivity index (χ0n) is 11.4. The molecule has 2 aromatic rings. The Balaban J connectivity index is 2.02. The van der Waals surface area contributed by atoms with Crippen LogP contribution in [0, 0.1) is 5.82 Å². The number of rotatable bonds is 2. The maximum absolute atomic E-state index is 13.4. The quantitative estimate of drug-likeness (QED) is 0.483. The summed E-state index contributed by atoms with van der Waals surface area (Å²) in [5.74, 6) is -1.49. The summed E-state index contributed by atoms with van der Waals surface area (Å²) in [7, 11) is 0. The molecule has 2 amide bonds. The number of thiocarbonyl (C=S) groups is 1. The van der Waals surface area contributed by atoms with Gasteiger partial charge in [-0.2, -0.15) is 0 Å². The molecule has 1 saturated heterocycles. The average molecular weight is 395 g/mol. The number of benzene rings is 1. The Morgan fingerprint density at radius 2 is 2.04 bits per heavy atom. The predicted molar refractivity (Wildman–Crippen MR) is 89.0 cm³/mol. The fourth-order valence-corrected chi connectivity index (χ4v) is 2.66. The van der Waals surface area contributed by atoms with Crippen molar-refractivity contribution < 1.29 is 18.4 Å². The van der Waals surface area contributed by atoms with Gasteiger partial charge < -0.3 is 4.42 Å². The first-order valence-corrected chi connectivity index (χ1v) is 7.58. The second-order valence-electron chi connectivity index (χ2n) is 4.58. The van der Waals surface area contributed by atoms with Crippen molar-refractivity contribution in [3.8, 4) is 0 Å². The second-order valence-corrected chi connectivity index (χ2v) is 5.75. The molecule has 0 spiro atoms. The number of furan rings is 1. The maximum atomic E-state index is 13.4. The summed E-state index contributed by atoms with van der Waals surface area (Å²) in [5, 5.41) is 2.30. The SMILES string of the molecule is O=C1NC(=S)N(c2cccc(F)c2)C(=O)/C1=C\c1ccc(Br)o1. The lowest BCUT2D eigenvalue weighted by molar-refractivity contribution is -0.122. The van der Waals surface area contributed by atoms with Crippen molar-refractivity contribution in [1.29, 1.82) is 0 Å². The van der Waals surface area contributed by atoms with Gasteiger partial charge in [0.2, 0.25) is 0 Å². The molecule has 1 N–H and O–H groups in total. The van der Waals surface area contributed by atoms with Crippen LogP contribution >= 0.6 is 28.1 Å². The van der Waals surface area contributed by atoms with Crippen molar-refractivity contribution in [3.05, 3.63) is 58.2 Å². The van der Waals surface area contributed by atoms with Crippen LogP contribution in [0.15, 0.2) is 51.1 Å². The molecule has 0 aliphatic carbocycles. The molecule has 0 bridgehead atoms. The smallest absolute Gasteiger partial charge is 0.270 e. The zero-order chi connectivity index (χ0) is 16.6. The van der Waals surface area contributed by atoms with Crippen LogP contribution in [0.1, 0.15) is 5.76 Å². The molecule has 5 nitrogen and oxygen atoms in total. The fraction of sp³-hybridized carbons (Fsp3) is 0. The average Bonchev–Trinajstić information content (AvgIpc) is 2.89. The molecular weight excluding hydrogens is 387 g/mol. The Hall–Kier alpha value is -2.32. The lowest BCUT2D eigenvalue weighted by Crippen LogP contribution is -2.54. The number of carbonyl (C=O) groups excluding carboxylic acids is 2. The molecule has 1 aromatic carbocycles. The monoisotopic (exact) mass is 394 g/mol. The van der Waals surface area contributed by atoms with Crippen molar-refractivity contribution in [2.45, 2.75) is 0 Å². The summed E-state index contributed by atoms with van der Waals surface area (Å²) < 4.78 is 19.1. The molecule has 0 atom stereocenters. The maximum Gasteiger partial charge on any atom is 0.270 e. The van der Waals surface area contributed by atoms with Crippen molar-refractivity contribution >= 4 is 56.8 Å². The summed E-state index contributed by atoms with van der Waals surface area (Å²) in [4.78, 5) is 25.7. The van der Waals surface area contributed by atoms with Gasteiger partial charge in [0.15, 0.2) is 9.78 Å². The van der Waals surface area contributed by atoms with Crippen LogP contribution in [0.3, 0.4) is 0 Å². The van der Waals surface area contributed by atoms with Crippen LogP contribution in [-0.4, -0.2) is 16.9 Å². The molecule has 8 heteroatoms. The third-order valence-electron chi connectivity index (χ3n) is 3.05. The van der Waals surface area contributed by atoms with E-state index in [4.69, 9.17) is 16.6 Å². The summed E-state index contributed by atoms with van der Waals surface area (Å²) in [6, 6.07) is 8.60. The van der Waals surface area contributed by atoms with Crippen LogP contribution in [0.2, 0.25) is 0 Å². The molecule has 2 heterocycles. The van der Waals surface area contributed by atoms with Gasteiger partial charge in [0, 0.05) is 0 Å². The van der Waals surface area contributed by atoms with E-state index < -0.39 is 17.6 Å². The minimum Gasteiger partial charge on any atom is -0.450 e. The van der Waals surface area contributed by atoms with Gasteiger partial charge >= 0.3 is 0 Å². The molecule has 1 aromatic heterocycles. The molecule has 1 fully saturated rings. The van der Waals surface area contributed by atoms with Crippen molar-refractivity contribution in [3.63, 3.8) is 0 Å². The van der Waals surface area contributed by atoms with Gasteiger partial charge in [-0.15, -0.1) is 0 Å². The molecule has 0 unspecified atom stereocenters. The first kappa shape index (κ1) is 15.6. The normalized spacial score (nSPS) is 16.9. The van der Waals surface area contributed by atoms with Crippen LogP contribution in [0.25, 0.3) is 6.08 Å². The molecular formula is C15H8BrFN2O3S. The standard InChI is InChI=1S/C15H8BrFN2O3S/c16-12-5-4-10(22-12)7-11-13(20)18-15(23)19(14(11)21)9-3-1-2-8(17)6-9/h1-7H,(H,18,20,23)/b11-7-. The van der Waals surface area contributed by atoms with E-state index in [0.29, 0.717) is 10.4 Å². The summed E-state index contributed by atoms with van der Waals surface area (Å²) >= 11 is 8.16. The van der Waals surface area contributed by atoms with Gasteiger partial charge in [0.05, 0.1) is 5.69 Å². The third-order valence-corrected chi connectivity index (χ3v) is 3.76. The minimum atomic E-state index is -0.656. The highest BCUT2D eigenvalue weighted by Gasteiger charge is 2.34. The molecule has 23 heavy (non-hydrogen) atoms. The highest BCUT2D eigenvalue weighted by Crippen LogP contribution is 2.23. The van der Waals surface area contributed by atoms with Gasteiger partial charge in [0.1, 0.15) is 17.2 Å². The summed E-state index contributed by atoms with van der Waals surface area (Å²) in [5.41, 5.74) is 0.0660. The largest absolute Gasteiger partial charge is 0.450 e. The third kappa shape index (κ3) is 3.08. The number of anilines is 1. The first-order valence-electron chi connectivity index (χ1n) is 6.38. The highest BCUT2D eigenvalue weighted by atomic mass is 79.9. The number of hydrogen-bond donors (Lipinski definition) is 1. The van der Waals surface area contributed by atoms with Gasteiger partial charge in [0.25, 0.3) is 11.8 Å². The van der Waals surface area contributed by atoms with Crippen molar-refractivity contribution in [1.82, 2.24) is 5.32 Å². The van der Waals surface area contributed by atoms with E-state index in [0.717, 1.165) is 11.0 Å².